The molecule has 0 aliphatic rings. The largest absolute Gasteiger partial charge is 0.206 e. The number of halogens is 1. The van der Waals surface area contributed by atoms with Crippen LogP contribution in [0.1, 0.15) is 0 Å². The van der Waals surface area contributed by atoms with Crippen LogP contribution in [0, 0.1) is 5.82 Å². The predicted octanol–water partition coefficient (Wildman–Crippen LogP) is 6.31. The Morgan fingerprint density at radius 1 is 0.522 bits per heavy atom. The molecular weight excluding hydrogens is 283 g/mol. The zero-order valence-corrected chi connectivity index (χ0v) is 12.5. The van der Waals surface area contributed by atoms with Gasteiger partial charge in [0.15, 0.2) is 0 Å². The third-order valence-corrected chi connectivity index (χ3v) is 4.16. The topological polar surface area (TPSA) is 0 Å². The van der Waals surface area contributed by atoms with Crippen molar-refractivity contribution in [3.63, 3.8) is 0 Å². The van der Waals surface area contributed by atoms with E-state index in [4.69, 9.17) is 0 Å². The highest BCUT2D eigenvalue weighted by Gasteiger charge is 2.14. The normalized spacial score (nSPS) is 10.8. The van der Waals surface area contributed by atoms with Gasteiger partial charge in [-0.05, 0) is 33.5 Å². The minimum atomic E-state index is -0.188. The van der Waals surface area contributed by atoms with E-state index in [1.165, 1.54) is 0 Å². The van der Waals surface area contributed by atoms with Crippen LogP contribution in [0.2, 0.25) is 0 Å². The zero-order valence-electron chi connectivity index (χ0n) is 12.5. The SMILES string of the molecule is Fc1ccc2ccccc2c1-c1ccccc1-c1ccccc1. The van der Waals surface area contributed by atoms with Gasteiger partial charge in [0.05, 0.1) is 0 Å². The molecule has 0 radical (unpaired) electrons. The fraction of sp³-hybridized carbons (Fsp3) is 0. The molecule has 0 saturated carbocycles. The van der Waals surface area contributed by atoms with Crippen LogP contribution < -0.4 is 0 Å². The number of benzene rings is 4. The lowest BCUT2D eigenvalue weighted by Gasteiger charge is -2.13. The van der Waals surface area contributed by atoms with Gasteiger partial charge in [-0.1, -0.05) is 84.9 Å². The third kappa shape index (κ3) is 2.40. The molecule has 0 heterocycles. The monoisotopic (exact) mass is 298 g/mol. The van der Waals surface area contributed by atoms with Crippen molar-refractivity contribution in [1.82, 2.24) is 0 Å². The summed E-state index contributed by atoms with van der Waals surface area (Å²) < 4.78 is 14.7. The van der Waals surface area contributed by atoms with Crippen LogP contribution >= 0.6 is 0 Å². The van der Waals surface area contributed by atoms with Crippen LogP contribution in [0.3, 0.4) is 0 Å². The van der Waals surface area contributed by atoms with Crippen LogP contribution in [0.25, 0.3) is 33.0 Å². The number of rotatable bonds is 2. The Bertz CT molecular complexity index is 971. The van der Waals surface area contributed by atoms with Crippen molar-refractivity contribution in [1.29, 1.82) is 0 Å². The van der Waals surface area contributed by atoms with Gasteiger partial charge in [-0.2, -0.15) is 0 Å². The molecule has 0 aliphatic carbocycles. The summed E-state index contributed by atoms with van der Waals surface area (Å²) in [4.78, 5) is 0. The lowest BCUT2D eigenvalue weighted by molar-refractivity contribution is 0.633. The lowest BCUT2D eigenvalue weighted by Crippen LogP contribution is -1.90. The van der Waals surface area contributed by atoms with Crippen molar-refractivity contribution in [3.05, 3.63) is 96.8 Å². The Balaban J connectivity index is 2.05. The average molecular weight is 298 g/mol. The molecule has 0 aromatic heterocycles. The molecule has 0 spiro atoms. The molecule has 0 saturated heterocycles. The molecule has 0 bridgehead atoms. The summed E-state index contributed by atoms with van der Waals surface area (Å²) in [5.74, 6) is -0.188. The molecule has 0 unspecified atom stereocenters. The molecule has 23 heavy (non-hydrogen) atoms. The molecule has 4 aromatic carbocycles. The smallest absolute Gasteiger partial charge is 0.131 e. The van der Waals surface area contributed by atoms with Crippen LogP contribution in [0.5, 0.6) is 0 Å². The van der Waals surface area contributed by atoms with Crippen LogP contribution in [-0.4, -0.2) is 0 Å². The Labute approximate surface area is 134 Å². The van der Waals surface area contributed by atoms with Gasteiger partial charge in [0, 0.05) is 5.56 Å². The van der Waals surface area contributed by atoms with Crippen molar-refractivity contribution in [2.75, 3.05) is 0 Å². The first-order valence-corrected chi connectivity index (χ1v) is 7.67. The highest BCUT2D eigenvalue weighted by molar-refractivity contribution is 6.00. The summed E-state index contributed by atoms with van der Waals surface area (Å²) in [6, 6.07) is 29.4. The molecular formula is C22H15F. The van der Waals surface area contributed by atoms with E-state index in [1.54, 1.807) is 6.07 Å². The quantitative estimate of drug-likeness (QED) is 0.406. The van der Waals surface area contributed by atoms with E-state index in [2.05, 4.69) is 12.1 Å². The van der Waals surface area contributed by atoms with Crippen molar-refractivity contribution in [3.8, 4) is 22.3 Å². The van der Waals surface area contributed by atoms with Crippen molar-refractivity contribution in [2.24, 2.45) is 0 Å². The second-order valence-electron chi connectivity index (χ2n) is 5.56. The maximum atomic E-state index is 14.7. The minimum Gasteiger partial charge on any atom is -0.206 e. The maximum absolute atomic E-state index is 14.7. The molecule has 4 aromatic rings. The van der Waals surface area contributed by atoms with Gasteiger partial charge >= 0.3 is 0 Å². The molecule has 0 nitrogen and oxygen atoms in total. The number of hydrogen-bond donors (Lipinski definition) is 0. The molecule has 0 N–H and O–H groups in total. The first-order chi connectivity index (χ1) is 11.3. The van der Waals surface area contributed by atoms with E-state index in [1.807, 2.05) is 72.8 Å². The summed E-state index contributed by atoms with van der Waals surface area (Å²) in [5.41, 5.74) is 3.73. The van der Waals surface area contributed by atoms with Crippen LogP contribution in [0.4, 0.5) is 4.39 Å². The van der Waals surface area contributed by atoms with Gasteiger partial charge in [-0.3, -0.25) is 0 Å². The number of fused-ring (bicyclic) bond motifs is 1. The van der Waals surface area contributed by atoms with Gasteiger partial charge in [-0.15, -0.1) is 0 Å². The highest BCUT2D eigenvalue weighted by atomic mass is 19.1. The van der Waals surface area contributed by atoms with Crippen molar-refractivity contribution >= 4 is 10.8 Å². The Kier molecular flexibility index (Phi) is 3.39. The second kappa shape index (κ2) is 5.69. The van der Waals surface area contributed by atoms with E-state index in [9.17, 15) is 4.39 Å². The van der Waals surface area contributed by atoms with Gasteiger partial charge in [0.1, 0.15) is 5.82 Å². The molecule has 110 valence electrons. The Morgan fingerprint density at radius 3 is 2.00 bits per heavy atom. The standard InChI is InChI=1S/C22H15F/c23-21-15-14-17-10-4-5-12-19(17)22(21)20-13-7-6-11-18(20)16-8-2-1-3-9-16/h1-15H. The molecule has 0 fully saturated rings. The summed E-state index contributed by atoms with van der Waals surface area (Å²) >= 11 is 0. The molecule has 0 amide bonds. The minimum absolute atomic E-state index is 0.188. The van der Waals surface area contributed by atoms with Gasteiger partial charge in [0.25, 0.3) is 0 Å². The van der Waals surface area contributed by atoms with E-state index in [0.717, 1.165) is 27.5 Å². The molecule has 4 rings (SSSR count). The van der Waals surface area contributed by atoms with E-state index >= 15 is 0 Å². The van der Waals surface area contributed by atoms with E-state index in [-0.39, 0.29) is 5.82 Å². The molecule has 1 heteroatoms. The zero-order chi connectivity index (χ0) is 15.6. The second-order valence-corrected chi connectivity index (χ2v) is 5.56. The summed E-state index contributed by atoms with van der Waals surface area (Å²) in [7, 11) is 0. The van der Waals surface area contributed by atoms with Crippen molar-refractivity contribution in [2.45, 2.75) is 0 Å². The average Bonchev–Trinajstić information content (AvgIpc) is 2.62. The fourth-order valence-electron chi connectivity index (χ4n) is 3.09. The number of hydrogen-bond acceptors (Lipinski definition) is 0. The third-order valence-electron chi connectivity index (χ3n) is 4.16. The highest BCUT2D eigenvalue weighted by Crippen LogP contribution is 2.37. The maximum Gasteiger partial charge on any atom is 0.131 e. The lowest BCUT2D eigenvalue weighted by atomic mass is 9.91. The molecule has 0 aliphatic heterocycles. The van der Waals surface area contributed by atoms with Gasteiger partial charge < -0.3 is 0 Å². The predicted molar refractivity (Wildman–Crippen MR) is 94.8 cm³/mol. The van der Waals surface area contributed by atoms with E-state index < -0.39 is 0 Å². The summed E-state index contributed by atoms with van der Waals surface area (Å²) in [5, 5.41) is 1.99. The van der Waals surface area contributed by atoms with Gasteiger partial charge in [0.2, 0.25) is 0 Å². The van der Waals surface area contributed by atoms with Crippen LogP contribution in [0.15, 0.2) is 91.0 Å². The first kappa shape index (κ1) is 13.7. The van der Waals surface area contributed by atoms with E-state index in [0.29, 0.717) is 5.56 Å². The van der Waals surface area contributed by atoms with Crippen molar-refractivity contribution < 1.29 is 4.39 Å². The summed E-state index contributed by atoms with van der Waals surface area (Å²) in [6.07, 6.45) is 0. The Hall–Kier alpha value is -2.93. The summed E-state index contributed by atoms with van der Waals surface area (Å²) in [6.45, 7) is 0. The Morgan fingerprint density at radius 2 is 1.17 bits per heavy atom. The van der Waals surface area contributed by atoms with Gasteiger partial charge in [-0.25, -0.2) is 4.39 Å². The molecule has 0 atom stereocenters. The first-order valence-electron chi connectivity index (χ1n) is 7.67. The van der Waals surface area contributed by atoms with Crippen LogP contribution in [-0.2, 0) is 0 Å². The fourth-order valence-corrected chi connectivity index (χ4v) is 3.09.